The van der Waals surface area contributed by atoms with Crippen LogP contribution in [0.15, 0.2) is 30.3 Å². The van der Waals surface area contributed by atoms with Gasteiger partial charge in [-0.3, -0.25) is 9.18 Å². The molecule has 3 rings (SSSR count). The van der Waals surface area contributed by atoms with E-state index in [9.17, 15) is 9.18 Å². The van der Waals surface area contributed by atoms with E-state index < -0.39 is 0 Å². The van der Waals surface area contributed by atoms with Crippen molar-refractivity contribution in [2.75, 3.05) is 19.8 Å². The van der Waals surface area contributed by atoms with Crippen LogP contribution in [0.1, 0.15) is 28.2 Å². The Bertz CT molecular complexity index is 648. The van der Waals surface area contributed by atoms with E-state index in [1.807, 2.05) is 42.2 Å². The molecule has 0 unspecified atom stereocenters. The van der Waals surface area contributed by atoms with Crippen molar-refractivity contribution in [3.63, 3.8) is 0 Å². The number of benzene rings is 1. The molecule has 0 atom stereocenters. The SMILES string of the molecule is Cc1nc(-c2ccccc2)sc1C(=O)N1CCC(CF)CC1. The number of rotatable bonds is 3. The minimum absolute atomic E-state index is 0.0366. The molecule has 5 heteroatoms. The number of carbonyl (C=O) groups excluding carboxylic acids is 1. The normalized spacial score (nSPS) is 16.0. The molecule has 1 fully saturated rings. The quantitative estimate of drug-likeness (QED) is 0.859. The molecular formula is C17H19FN2OS. The number of nitrogens with zero attached hydrogens (tertiary/aromatic N) is 2. The predicted molar refractivity (Wildman–Crippen MR) is 86.9 cm³/mol. The zero-order valence-corrected chi connectivity index (χ0v) is 13.4. The highest BCUT2D eigenvalue weighted by Gasteiger charge is 2.26. The topological polar surface area (TPSA) is 33.2 Å². The minimum atomic E-state index is -0.278. The molecule has 1 saturated heterocycles. The van der Waals surface area contributed by atoms with Crippen LogP contribution in [0.3, 0.4) is 0 Å². The van der Waals surface area contributed by atoms with Crippen molar-refractivity contribution in [3.05, 3.63) is 40.9 Å². The van der Waals surface area contributed by atoms with E-state index in [4.69, 9.17) is 0 Å². The van der Waals surface area contributed by atoms with Crippen molar-refractivity contribution in [2.45, 2.75) is 19.8 Å². The molecule has 1 aliphatic rings. The van der Waals surface area contributed by atoms with E-state index >= 15 is 0 Å². The fourth-order valence-corrected chi connectivity index (χ4v) is 3.77. The van der Waals surface area contributed by atoms with Gasteiger partial charge in [0.15, 0.2) is 0 Å². The average Bonchev–Trinajstić information content (AvgIpc) is 2.97. The van der Waals surface area contributed by atoms with Crippen LogP contribution < -0.4 is 0 Å². The molecule has 0 radical (unpaired) electrons. The van der Waals surface area contributed by atoms with Crippen LogP contribution in [0.4, 0.5) is 4.39 Å². The molecule has 3 nitrogen and oxygen atoms in total. The molecule has 0 bridgehead atoms. The van der Waals surface area contributed by atoms with Crippen LogP contribution in [-0.4, -0.2) is 35.6 Å². The standard InChI is InChI=1S/C17H19FN2OS/c1-12-15(17(21)20-9-7-13(11-18)8-10-20)22-16(19-12)14-5-3-2-4-6-14/h2-6,13H,7-11H2,1H3. The summed E-state index contributed by atoms with van der Waals surface area (Å²) in [4.78, 5) is 19.7. The van der Waals surface area contributed by atoms with Crippen molar-refractivity contribution < 1.29 is 9.18 Å². The first kappa shape index (κ1) is 15.2. The molecule has 116 valence electrons. The van der Waals surface area contributed by atoms with Gasteiger partial charge in [0.2, 0.25) is 0 Å². The lowest BCUT2D eigenvalue weighted by Crippen LogP contribution is -2.38. The van der Waals surface area contributed by atoms with E-state index in [1.54, 1.807) is 0 Å². The Morgan fingerprint density at radius 1 is 1.32 bits per heavy atom. The zero-order chi connectivity index (χ0) is 15.5. The van der Waals surface area contributed by atoms with E-state index in [1.165, 1.54) is 11.3 Å². The van der Waals surface area contributed by atoms with Gasteiger partial charge in [-0.2, -0.15) is 0 Å². The summed E-state index contributed by atoms with van der Waals surface area (Å²) in [6, 6.07) is 9.90. The van der Waals surface area contributed by atoms with Crippen LogP contribution in [0, 0.1) is 12.8 Å². The third-order valence-electron chi connectivity index (χ3n) is 4.13. The number of hydrogen-bond donors (Lipinski definition) is 0. The zero-order valence-electron chi connectivity index (χ0n) is 12.6. The smallest absolute Gasteiger partial charge is 0.265 e. The van der Waals surface area contributed by atoms with Crippen molar-refractivity contribution in [3.8, 4) is 10.6 Å². The molecule has 1 aliphatic heterocycles. The largest absolute Gasteiger partial charge is 0.338 e. The number of hydrogen-bond acceptors (Lipinski definition) is 3. The number of carbonyl (C=O) groups is 1. The average molecular weight is 318 g/mol. The van der Waals surface area contributed by atoms with Gasteiger partial charge < -0.3 is 4.90 Å². The molecule has 0 spiro atoms. The van der Waals surface area contributed by atoms with Gasteiger partial charge in [-0.15, -0.1) is 11.3 Å². The first-order valence-corrected chi connectivity index (χ1v) is 8.38. The molecule has 1 amide bonds. The van der Waals surface area contributed by atoms with Crippen molar-refractivity contribution in [2.24, 2.45) is 5.92 Å². The Kier molecular flexibility index (Phi) is 4.52. The van der Waals surface area contributed by atoms with E-state index in [-0.39, 0.29) is 18.5 Å². The van der Waals surface area contributed by atoms with Crippen LogP contribution in [0.2, 0.25) is 0 Å². The second kappa shape index (κ2) is 6.57. The number of aryl methyl sites for hydroxylation is 1. The predicted octanol–water partition coefficient (Wildman–Crippen LogP) is 3.94. The number of halogens is 1. The molecule has 1 aromatic heterocycles. The fraction of sp³-hybridized carbons (Fsp3) is 0.412. The third-order valence-corrected chi connectivity index (χ3v) is 5.33. The van der Waals surface area contributed by atoms with Crippen LogP contribution in [0.5, 0.6) is 0 Å². The van der Waals surface area contributed by atoms with Crippen LogP contribution >= 0.6 is 11.3 Å². The first-order chi connectivity index (χ1) is 10.7. The van der Waals surface area contributed by atoms with Gasteiger partial charge in [0.1, 0.15) is 9.88 Å². The summed E-state index contributed by atoms with van der Waals surface area (Å²) in [6.45, 7) is 2.89. The van der Waals surface area contributed by atoms with Gasteiger partial charge in [0.25, 0.3) is 5.91 Å². The summed E-state index contributed by atoms with van der Waals surface area (Å²) in [5.74, 6) is 0.154. The second-order valence-electron chi connectivity index (χ2n) is 5.69. The van der Waals surface area contributed by atoms with Crippen LogP contribution in [-0.2, 0) is 0 Å². The highest BCUT2D eigenvalue weighted by Crippen LogP contribution is 2.29. The molecular weight excluding hydrogens is 299 g/mol. The van der Waals surface area contributed by atoms with Gasteiger partial charge >= 0.3 is 0 Å². The maximum atomic E-state index is 12.7. The fourth-order valence-electron chi connectivity index (χ4n) is 2.73. The number of thiazole rings is 1. The second-order valence-corrected chi connectivity index (χ2v) is 6.69. The minimum Gasteiger partial charge on any atom is -0.338 e. The van der Waals surface area contributed by atoms with Gasteiger partial charge in [-0.1, -0.05) is 30.3 Å². The van der Waals surface area contributed by atoms with Crippen molar-refractivity contribution in [1.82, 2.24) is 9.88 Å². The molecule has 0 saturated carbocycles. The summed E-state index contributed by atoms with van der Waals surface area (Å²) in [5, 5.41) is 0.875. The molecule has 2 aromatic rings. The summed E-state index contributed by atoms with van der Waals surface area (Å²) in [7, 11) is 0. The van der Waals surface area contributed by atoms with E-state index in [0.29, 0.717) is 18.0 Å². The van der Waals surface area contributed by atoms with E-state index in [2.05, 4.69) is 4.98 Å². The number of likely N-dealkylation sites (tertiary alicyclic amines) is 1. The summed E-state index contributed by atoms with van der Waals surface area (Å²) < 4.78 is 12.7. The lowest BCUT2D eigenvalue weighted by molar-refractivity contribution is 0.0681. The highest BCUT2D eigenvalue weighted by atomic mass is 32.1. The monoisotopic (exact) mass is 318 g/mol. The maximum Gasteiger partial charge on any atom is 0.265 e. The maximum absolute atomic E-state index is 12.7. The first-order valence-electron chi connectivity index (χ1n) is 7.57. The molecule has 2 heterocycles. The summed E-state index contributed by atoms with van der Waals surface area (Å²) in [5.41, 5.74) is 1.81. The molecule has 22 heavy (non-hydrogen) atoms. The Hall–Kier alpha value is -1.75. The number of alkyl halides is 1. The van der Waals surface area contributed by atoms with Crippen molar-refractivity contribution >= 4 is 17.2 Å². The van der Waals surface area contributed by atoms with Gasteiger partial charge in [0, 0.05) is 18.7 Å². The lowest BCUT2D eigenvalue weighted by atomic mass is 9.98. The number of piperidine rings is 1. The van der Waals surface area contributed by atoms with E-state index in [0.717, 1.165) is 29.1 Å². The summed E-state index contributed by atoms with van der Waals surface area (Å²) >= 11 is 1.44. The third kappa shape index (κ3) is 3.04. The Labute approximate surface area is 133 Å². The molecule has 0 N–H and O–H groups in total. The van der Waals surface area contributed by atoms with Gasteiger partial charge in [0.05, 0.1) is 12.4 Å². The summed E-state index contributed by atoms with van der Waals surface area (Å²) in [6.07, 6.45) is 1.51. The molecule has 0 aliphatic carbocycles. The lowest BCUT2D eigenvalue weighted by Gasteiger charge is -2.30. The Morgan fingerprint density at radius 2 is 2.00 bits per heavy atom. The number of amides is 1. The molecule has 1 aromatic carbocycles. The van der Waals surface area contributed by atoms with Crippen LogP contribution in [0.25, 0.3) is 10.6 Å². The van der Waals surface area contributed by atoms with Gasteiger partial charge in [-0.25, -0.2) is 4.98 Å². The van der Waals surface area contributed by atoms with Crippen molar-refractivity contribution in [1.29, 1.82) is 0 Å². The Balaban J connectivity index is 1.78. The Morgan fingerprint density at radius 3 is 2.64 bits per heavy atom. The highest BCUT2D eigenvalue weighted by molar-refractivity contribution is 7.17. The van der Waals surface area contributed by atoms with Gasteiger partial charge in [-0.05, 0) is 25.7 Å². The number of aromatic nitrogens is 1.